The number of nitrogens with two attached hydrogens (primary N) is 1. The van der Waals surface area contributed by atoms with Crippen LogP contribution in [0.25, 0.3) is 11.1 Å². The summed E-state index contributed by atoms with van der Waals surface area (Å²) < 4.78 is 0. The number of hydrogen-bond acceptors (Lipinski definition) is 7. The Labute approximate surface area is 233 Å². The molecule has 1 aliphatic heterocycles. The third-order valence-corrected chi connectivity index (χ3v) is 8.35. The van der Waals surface area contributed by atoms with Gasteiger partial charge in [-0.25, -0.2) is 0 Å². The van der Waals surface area contributed by atoms with E-state index in [1.54, 1.807) is 6.07 Å². The predicted molar refractivity (Wildman–Crippen MR) is 151 cm³/mol. The summed E-state index contributed by atoms with van der Waals surface area (Å²) in [6.45, 7) is 6.72. The van der Waals surface area contributed by atoms with Gasteiger partial charge in [0.2, 0.25) is 0 Å². The number of Topliss-reactive ketones (excluding diaryl/α,β-unsaturated/α-hetero) is 2. The molecule has 2 aliphatic carbocycles. The third-order valence-electron chi connectivity index (χ3n) is 8.35. The number of amides is 1. The van der Waals surface area contributed by atoms with Crippen molar-refractivity contribution in [3.8, 4) is 16.9 Å². The number of phenols is 1. The minimum absolute atomic E-state index is 0.00656. The Hall–Kier alpha value is -4.17. The maximum Gasteiger partial charge on any atom is 0.255 e. The average Bonchev–Trinajstić information content (AvgIpc) is 3.41. The van der Waals surface area contributed by atoms with Crippen LogP contribution in [0.4, 0.5) is 0 Å². The molecular formula is C32H34N2O6. The molecule has 0 radical (unpaired) electrons. The summed E-state index contributed by atoms with van der Waals surface area (Å²) >= 11 is 0. The van der Waals surface area contributed by atoms with Gasteiger partial charge in [0.25, 0.3) is 5.91 Å². The van der Waals surface area contributed by atoms with Crippen molar-refractivity contribution in [2.24, 2.45) is 17.6 Å². The maximum absolute atomic E-state index is 13.8. The van der Waals surface area contributed by atoms with E-state index in [4.69, 9.17) is 5.73 Å². The van der Waals surface area contributed by atoms with E-state index in [1.807, 2.05) is 12.1 Å². The number of aliphatic hydroxyl groups is 2. The first-order chi connectivity index (χ1) is 19.2. The third kappa shape index (κ3) is 5.19. The quantitative estimate of drug-likeness (QED) is 0.226. The number of primary amides is 1. The summed E-state index contributed by atoms with van der Waals surface area (Å²) in [5, 5.41) is 31.8. The molecule has 208 valence electrons. The molecular weight excluding hydrogens is 508 g/mol. The summed E-state index contributed by atoms with van der Waals surface area (Å²) in [5.41, 5.74) is 8.76. The van der Waals surface area contributed by atoms with Crippen LogP contribution in [0.3, 0.4) is 0 Å². The van der Waals surface area contributed by atoms with Gasteiger partial charge in [0.05, 0.1) is 5.56 Å². The van der Waals surface area contributed by atoms with Crippen molar-refractivity contribution >= 4 is 17.5 Å². The molecule has 5 rings (SSSR count). The molecule has 1 amide bonds. The van der Waals surface area contributed by atoms with Crippen LogP contribution in [0.2, 0.25) is 0 Å². The number of likely N-dealkylation sites (tertiary alicyclic amines) is 1. The Balaban J connectivity index is 1.49. The molecule has 2 aromatic carbocycles. The van der Waals surface area contributed by atoms with Crippen molar-refractivity contribution in [2.45, 2.75) is 45.1 Å². The number of aliphatic hydroxyl groups excluding tert-OH is 2. The number of ketones is 2. The van der Waals surface area contributed by atoms with Crippen molar-refractivity contribution in [2.75, 3.05) is 13.1 Å². The van der Waals surface area contributed by atoms with Crippen LogP contribution in [-0.2, 0) is 22.6 Å². The summed E-state index contributed by atoms with van der Waals surface area (Å²) in [6, 6.07) is 11.5. The predicted octanol–water partition coefficient (Wildman–Crippen LogP) is 4.67. The van der Waals surface area contributed by atoms with E-state index in [0.29, 0.717) is 18.4 Å². The van der Waals surface area contributed by atoms with Crippen LogP contribution in [0.5, 0.6) is 5.75 Å². The normalized spacial score (nSPS) is 22.8. The van der Waals surface area contributed by atoms with Gasteiger partial charge < -0.3 is 21.1 Å². The molecule has 8 heteroatoms. The van der Waals surface area contributed by atoms with Crippen LogP contribution >= 0.6 is 0 Å². The minimum atomic E-state index is -0.959. The van der Waals surface area contributed by atoms with Gasteiger partial charge in [-0.3, -0.25) is 19.3 Å². The van der Waals surface area contributed by atoms with E-state index in [2.05, 4.69) is 23.6 Å². The molecule has 1 saturated heterocycles. The molecule has 5 N–H and O–H groups in total. The van der Waals surface area contributed by atoms with Crippen molar-refractivity contribution in [1.29, 1.82) is 0 Å². The van der Waals surface area contributed by atoms with Crippen LogP contribution in [0.1, 0.15) is 53.6 Å². The highest BCUT2D eigenvalue weighted by Gasteiger charge is 2.39. The summed E-state index contributed by atoms with van der Waals surface area (Å²) in [4.78, 5) is 40.4. The zero-order valence-corrected chi connectivity index (χ0v) is 22.4. The molecule has 2 atom stereocenters. The van der Waals surface area contributed by atoms with E-state index in [9.17, 15) is 29.7 Å². The van der Waals surface area contributed by atoms with Gasteiger partial charge >= 0.3 is 0 Å². The van der Waals surface area contributed by atoms with Crippen molar-refractivity contribution < 1.29 is 29.7 Å². The second kappa shape index (κ2) is 11.1. The van der Waals surface area contributed by atoms with Gasteiger partial charge in [-0.05, 0) is 85.0 Å². The molecule has 1 heterocycles. The Bertz CT molecular complexity index is 1450. The minimum Gasteiger partial charge on any atom is -0.511 e. The molecule has 3 aliphatic rings. The first kappa shape index (κ1) is 27.4. The largest absolute Gasteiger partial charge is 0.511 e. The first-order valence-electron chi connectivity index (χ1n) is 13.7. The first-order valence-corrected chi connectivity index (χ1v) is 13.7. The molecule has 0 spiro atoms. The van der Waals surface area contributed by atoms with E-state index in [-0.39, 0.29) is 52.7 Å². The highest BCUT2D eigenvalue weighted by atomic mass is 16.3. The van der Waals surface area contributed by atoms with Gasteiger partial charge in [0.15, 0.2) is 11.6 Å². The topological polar surface area (TPSA) is 141 Å². The molecule has 2 aromatic rings. The van der Waals surface area contributed by atoms with Gasteiger partial charge in [0, 0.05) is 25.0 Å². The lowest BCUT2D eigenvalue weighted by Gasteiger charge is -2.32. The van der Waals surface area contributed by atoms with E-state index in [0.717, 1.165) is 30.8 Å². The summed E-state index contributed by atoms with van der Waals surface area (Å²) in [7, 11) is 0. The number of phenolic OH excluding ortho intramolecular Hbond substituents is 1. The number of nitrogens with zero attached hydrogens (tertiary/aromatic N) is 1. The SMILES string of the molecule is C=C/C(O)=C1/C(=O)c2c(O)ccc(-c3ccc(CN4CCCC4)cc3)c2CC1CC1CC(=O)C(C(N)=O)=C(O)C1. The number of allylic oxidation sites excluding steroid dienone is 3. The highest BCUT2D eigenvalue weighted by molar-refractivity contribution is 6.19. The fourth-order valence-electron chi connectivity index (χ4n) is 6.49. The molecule has 40 heavy (non-hydrogen) atoms. The van der Waals surface area contributed by atoms with E-state index < -0.39 is 23.4 Å². The van der Waals surface area contributed by atoms with Crippen molar-refractivity contribution in [3.63, 3.8) is 0 Å². The number of fused-ring (bicyclic) bond motifs is 1. The summed E-state index contributed by atoms with van der Waals surface area (Å²) in [6.07, 6.45) is 4.32. The Morgan fingerprint density at radius 2 is 1.73 bits per heavy atom. The molecule has 2 unspecified atom stereocenters. The molecule has 8 nitrogen and oxygen atoms in total. The highest BCUT2D eigenvalue weighted by Crippen LogP contribution is 2.44. The zero-order chi connectivity index (χ0) is 28.6. The van der Waals surface area contributed by atoms with Crippen LogP contribution in [0.15, 0.2) is 71.7 Å². The molecule has 1 fully saturated rings. The van der Waals surface area contributed by atoms with Crippen LogP contribution in [0, 0.1) is 11.8 Å². The Kier molecular flexibility index (Phi) is 7.63. The van der Waals surface area contributed by atoms with E-state index >= 15 is 0 Å². The van der Waals surface area contributed by atoms with Crippen molar-refractivity contribution in [1.82, 2.24) is 4.90 Å². The Morgan fingerprint density at radius 1 is 1.02 bits per heavy atom. The monoisotopic (exact) mass is 542 g/mol. The maximum atomic E-state index is 13.8. The van der Waals surface area contributed by atoms with Gasteiger partial charge in [0.1, 0.15) is 22.8 Å². The van der Waals surface area contributed by atoms with Gasteiger partial charge in [-0.2, -0.15) is 0 Å². The fraction of sp³-hybridized carbons (Fsp3) is 0.344. The number of aromatic hydroxyl groups is 1. The second-order valence-corrected chi connectivity index (χ2v) is 11.0. The average molecular weight is 543 g/mol. The molecule has 0 saturated carbocycles. The number of carbonyl (C=O) groups excluding carboxylic acids is 3. The number of benzene rings is 2. The number of carbonyl (C=O) groups is 3. The van der Waals surface area contributed by atoms with Crippen LogP contribution < -0.4 is 5.73 Å². The fourth-order valence-corrected chi connectivity index (χ4v) is 6.49. The van der Waals surface area contributed by atoms with Crippen molar-refractivity contribution in [3.05, 3.63) is 88.4 Å². The number of rotatable bonds is 7. The van der Waals surface area contributed by atoms with Gasteiger partial charge in [-0.1, -0.05) is 36.9 Å². The second-order valence-electron chi connectivity index (χ2n) is 11.0. The lowest BCUT2D eigenvalue weighted by atomic mass is 9.70. The van der Waals surface area contributed by atoms with E-state index in [1.165, 1.54) is 30.5 Å². The van der Waals surface area contributed by atoms with Crippen LogP contribution in [-0.4, -0.2) is 50.8 Å². The summed E-state index contributed by atoms with van der Waals surface area (Å²) in [5.74, 6) is -3.65. The molecule has 0 aromatic heterocycles. The zero-order valence-electron chi connectivity index (χ0n) is 22.4. The Morgan fingerprint density at radius 3 is 2.35 bits per heavy atom. The van der Waals surface area contributed by atoms with Gasteiger partial charge in [-0.15, -0.1) is 0 Å². The molecule has 0 bridgehead atoms. The smallest absolute Gasteiger partial charge is 0.255 e. The standard InChI is InChI=1S/C32H34N2O6/c1-2-24(35)28-21(13-19-14-26(37)30(32(33)40)27(38)15-19)16-23-22(9-10-25(36)29(23)31(28)39)20-7-5-18(6-8-20)17-34-11-3-4-12-34/h2,5-10,19,21,35-37H,1,3-4,11-17H2,(H2,33,40)/b28-24-. The lowest BCUT2D eigenvalue weighted by molar-refractivity contribution is -0.122. The number of hydrogen-bond donors (Lipinski definition) is 4. The lowest BCUT2D eigenvalue weighted by Crippen LogP contribution is -2.32.